The molecule has 0 bridgehead atoms. The standard InChI is InChI=1S/C23H26FN7O/c1-28-20(14-19(27-28)17-4-6-18(24)7-5-17)23(32)31-12-10-30(11-13-31)22-15-21(25-16-26-22)29-8-2-3-9-29/h4-7,14-16H,2-3,8-13H2,1H3. The SMILES string of the molecule is Cn1nc(-c2ccc(F)cc2)cc1C(=O)N1CCN(c2cc(N3CCCC3)ncn2)CC1. The van der Waals surface area contributed by atoms with Gasteiger partial charge in [0.05, 0.1) is 5.69 Å². The predicted molar refractivity (Wildman–Crippen MR) is 120 cm³/mol. The summed E-state index contributed by atoms with van der Waals surface area (Å²) in [6, 6.07) is 9.96. The van der Waals surface area contributed by atoms with E-state index in [-0.39, 0.29) is 11.7 Å². The molecule has 2 aliphatic heterocycles. The zero-order valence-electron chi connectivity index (χ0n) is 18.1. The smallest absolute Gasteiger partial charge is 0.272 e. The zero-order valence-corrected chi connectivity index (χ0v) is 18.1. The van der Waals surface area contributed by atoms with Gasteiger partial charge in [-0.15, -0.1) is 0 Å². The molecule has 0 atom stereocenters. The summed E-state index contributed by atoms with van der Waals surface area (Å²) in [5, 5.41) is 4.45. The molecule has 3 aromatic rings. The van der Waals surface area contributed by atoms with E-state index in [9.17, 15) is 9.18 Å². The molecule has 4 heterocycles. The Bertz CT molecular complexity index is 1100. The molecule has 0 aliphatic carbocycles. The first-order valence-electron chi connectivity index (χ1n) is 11.0. The van der Waals surface area contributed by atoms with Gasteiger partial charge in [0.15, 0.2) is 0 Å². The van der Waals surface area contributed by atoms with Gasteiger partial charge in [-0.25, -0.2) is 14.4 Å². The number of rotatable bonds is 4. The van der Waals surface area contributed by atoms with E-state index in [4.69, 9.17) is 0 Å². The van der Waals surface area contributed by atoms with Crippen LogP contribution in [-0.4, -0.2) is 69.8 Å². The Morgan fingerprint density at radius 2 is 1.50 bits per heavy atom. The quantitative estimate of drug-likeness (QED) is 0.627. The lowest BCUT2D eigenvalue weighted by molar-refractivity contribution is 0.0735. The Hall–Kier alpha value is -3.49. The van der Waals surface area contributed by atoms with Crippen LogP contribution in [0.1, 0.15) is 23.3 Å². The van der Waals surface area contributed by atoms with Crippen molar-refractivity contribution in [2.75, 3.05) is 49.1 Å². The van der Waals surface area contributed by atoms with E-state index in [2.05, 4.69) is 30.9 Å². The number of piperazine rings is 1. The van der Waals surface area contributed by atoms with E-state index in [1.165, 1.54) is 25.0 Å². The first-order chi connectivity index (χ1) is 15.6. The Morgan fingerprint density at radius 1 is 0.875 bits per heavy atom. The molecule has 0 radical (unpaired) electrons. The molecule has 0 unspecified atom stereocenters. The summed E-state index contributed by atoms with van der Waals surface area (Å²) in [5.41, 5.74) is 1.96. The Morgan fingerprint density at radius 3 is 2.16 bits per heavy atom. The monoisotopic (exact) mass is 435 g/mol. The number of hydrogen-bond acceptors (Lipinski definition) is 6. The van der Waals surface area contributed by atoms with Gasteiger partial charge in [0.2, 0.25) is 0 Å². The summed E-state index contributed by atoms with van der Waals surface area (Å²) >= 11 is 0. The van der Waals surface area contributed by atoms with Crippen LogP contribution in [0.5, 0.6) is 0 Å². The highest BCUT2D eigenvalue weighted by Gasteiger charge is 2.26. The average Bonchev–Trinajstić information content (AvgIpc) is 3.50. The number of amides is 1. The van der Waals surface area contributed by atoms with Crippen LogP contribution in [0.4, 0.5) is 16.0 Å². The topological polar surface area (TPSA) is 70.4 Å². The maximum atomic E-state index is 13.2. The van der Waals surface area contributed by atoms with E-state index < -0.39 is 0 Å². The molecule has 1 amide bonds. The van der Waals surface area contributed by atoms with E-state index >= 15 is 0 Å². The molecule has 2 aliphatic rings. The van der Waals surface area contributed by atoms with Crippen LogP contribution < -0.4 is 9.80 Å². The van der Waals surface area contributed by atoms with Gasteiger partial charge in [0.1, 0.15) is 29.5 Å². The van der Waals surface area contributed by atoms with Crippen LogP contribution in [-0.2, 0) is 7.05 Å². The van der Waals surface area contributed by atoms with Crippen LogP contribution in [0.2, 0.25) is 0 Å². The number of anilines is 2. The summed E-state index contributed by atoms with van der Waals surface area (Å²) in [6.07, 6.45) is 4.04. The van der Waals surface area contributed by atoms with Crippen molar-refractivity contribution in [3.8, 4) is 11.3 Å². The molecular formula is C23H26FN7O. The third-order valence-corrected chi connectivity index (χ3v) is 6.20. The van der Waals surface area contributed by atoms with Crippen LogP contribution >= 0.6 is 0 Å². The normalized spacial score (nSPS) is 16.6. The van der Waals surface area contributed by atoms with E-state index in [0.717, 1.165) is 30.3 Å². The minimum Gasteiger partial charge on any atom is -0.356 e. The molecule has 32 heavy (non-hydrogen) atoms. The molecule has 2 saturated heterocycles. The summed E-state index contributed by atoms with van der Waals surface area (Å²) < 4.78 is 14.8. The van der Waals surface area contributed by atoms with E-state index in [0.29, 0.717) is 37.6 Å². The van der Waals surface area contributed by atoms with Crippen molar-refractivity contribution in [3.63, 3.8) is 0 Å². The van der Waals surface area contributed by atoms with Crippen molar-refractivity contribution < 1.29 is 9.18 Å². The van der Waals surface area contributed by atoms with Gasteiger partial charge in [0, 0.05) is 57.9 Å². The lowest BCUT2D eigenvalue weighted by Gasteiger charge is -2.35. The number of halogens is 1. The van der Waals surface area contributed by atoms with Crippen molar-refractivity contribution in [2.45, 2.75) is 12.8 Å². The third kappa shape index (κ3) is 4.02. The molecule has 0 N–H and O–H groups in total. The Kier molecular flexibility index (Phi) is 5.46. The molecule has 5 rings (SSSR count). The Balaban J connectivity index is 1.25. The molecule has 2 fully saturated rings. The second-order valence-electron chi connectivity index (χ2n) is 8.25. The second kappa shape index (κ2) is 8.57. The Labute approximate surface area is 186 Å². The number of aryl methyl sites for hydroxylation is 1. The fraction of sp³-hybridized carbons (Fsp3) is 0.391. The van der Waals surface area contributed by atoms with Crippen LogP contribution in [0.25, 0.3) is 11.3 Å². The van der Waals surface area contributed by atoms with Gasteiger partial charge in [-0.2, -0.15) is 5.10 Å². The number of carbonyl (C=O) groups is 1. The van der Waals surface area contributed by atoms with Crippen LogP contribution in [0.3, 0.4) is 0 Å². The zero-order chi connectivity index (χ0) is 22.1. The highest BCUT2D eigenvalue weighted by molar-refractivity contribution is 5.94. The molecule has 0 spiro atoms. The molecular weight excluding hydrogens is 409 g/mol. The highest BCUT2D eigenvalue weighted by atomic mass is 19.1. The lowest BCUT2D eigenvalue weighted by Crippen LogP contribution is -2.49. The number of carbonyl (C=O) groups excluding carboxylic acids is 1. The minimum absolute atomic E-state index is 0.0477. The van der Waals surface area contributed by atoms with Crippen molar-refractivity contribution in [1.29, 1.82) is 0 Å². The first-order valence-corrected chi connectivity index (χ1v) is 11.0. The van der Waals surface area contributed by atoms with Gasteiger partial charge in [-0.1, -0.05) is 0 Å². The molecule has 2 aromatic heterocycles. The van der Waals surface area contributed by atoms with Crippen molar-refractivity contribution in [3.05, 3.63) is 54.2 Å². The van der Waals surface area contributed by atoms with Gasteiger partial charge >= 0.3 is 0 Å². The third-order valence-electron chi connectivity index (χ3n) is 6.20. The molecule has 9 heteroatoms. The fourth-order valence-electron chi connectivity index (χ4n) is 4.36. The fourth-order valence-corrected chi connectivity index (χ4v) is 4.36. The predicted octanol–water partition coefficient (Wildman–Crippen LogP) is 2.58. The van der Waals surface area contributed by atoms with Gasteiger partial charge in [-0.05, 0) is 43.2 Å². The van der Waals surface area contributed by atoms with E-state index in [1.807, 2.05) is 4.90 Å². The molecule has 166 valence electrons. The van der Waals surface area contributed by atoms with Crippen molar-refractivity contribution in [2.24, 2.45) is 7.05 Å². The summed E-state index contributed by atoms with van der Waals surface area (Å²) in [7, 11) is 1.76. The summed E-state index contributed by atoms with van der Waals surface area (Å²) in [5.74, 6) is 1.55. The van der Waals surface area contributed by atoms with E-state index in [1.54, 1.807) is 36.3 Å². The van der Waals surface area contributed by atoms with Gasteiger partial charge < -0.3 is 14.7 Å². The maximum absolute atomic E-state index is 13.2. The summed E-state index contributed by atoms with van der Waals surface area (Å²) in [6.45, 7) is 4.74. The largest absolute Gasteiger partial charge is 0.356 e. The van der Waals surface area contributed by atoms with Gasteiger partial charge in [0.25, 0.3) is 5.91 Å². The van der Waals surface area contributed by atoms with Crippen LogP contribution in [0.15, 0.2) is 42.7 Å². The first kappa shape index (κ1) is 20.4. The number of aromatic nitrogens is 4. The molecule has 0 saturated carbocycles. The second-order valence-corrected chi connectivity index (χ2v) is 8.25. The van der Waals surface area contributed by atoms with Crippen molar-refractivity contribution >= 4 is 17.5 Å². The maximum Gasteiger partial charge on any atom is 0.272 e. The summed E-state index contributed by atoms with van der Waals surface area (Å²) in [4.78, 5) is 28.4. The van der Waals surface area contributed by atoms with Crippen LogP contribution in [0, 0.1) is 5.82 Å². The molecule has 1 aromatic carbocycles. The molecule has 8 nitrogen and oxygen atoms in total. The highest BCUT2D eigenvalue weighted by Crippen LogP contribution is 2.23. The van der Waals surface area contributed by atoms with Crippen molar-refractivity contribution in [1.82, 2.24) is 24.6 Å². The number of benzene rings is 1. The minimum atomic E-state index is -0.296. The number of nitrogens with zero attached hydrogens (tertiary/aromatic N) is 7. The average molecular weight is 436 g/mol. The van der Waals surface area contributed by atoms with Gasteiger partial charge in [-0.3, -0.25) is 9.48 Å². The lowest BCUT2D eigenvalue weighted by atomic mass is 10.1. The number of hydrogen-bond donors (Lipinski definition) is 0.